The first kappa shape index (κ1) is 25.5. The van der Waals surface area contributed by atoms with Crippen molar-refractivity contribution >= 4 is 35.8 Å². The Labute approximate surface area is 190 Å². The Bertz CT molecular complexity index is 846. The molecule has 2 rings (SSSR count). The molecular formula is C19H25F2IN4O4. The largest absolute Gasteiger partial charge is 0.490 e. The predicted molar refractivity (Wildman–Crippen MR) is 119 cm³/mol. The molecule has 0 aliphatic rings. The predicted octanol–water partition coefficient (Wildman–Crippen LogP) is 3.25. The van der Waals surface area contributed by atoms with Crippen molar-refractivity contribution in [2.45, 2.75) is 33.5 Å². The lowest BCUT2D eigenvalue weighted by atomic mass is 10.2. The number of halogens is 3. The summed E-state index contributed by atoms with van der Waals surface area (Å²) in [6, 6.07) is 7.99. The topological polar surface area (TPSA) is 111 Å². The zero-order chi connectivity index (χ0) is 21.2. The Morgan fingerprint density at radius 3 is 2.60 bits per heavy atom. The Hall–Kier alpha value is -2.57. The van der Waals surface area contributed by atoms with E-state index in [-0.39, 0.29) is 54.3 Å². The number of hydrogen-bond donors (Lipinski definition) is 3. The number of carbonyl (C=O) groups excluding carboxylic acids is 1. The highest BCUT2D eigenvalue weighted by molar-refractivity contribution is 14.0. The van der Waals surface area contributed by atoms with Gasteiger partial charge in [-0.2, -0.15) is 8.78 Å². The summed E-state index contributed by atoms with van der Waals surface area (Å²) in [5, 5.41) is 6.07. The van der Waals surface area contributed by atoms with Crippen LogP contribution in [0.1, 0.15) is 35.7 Å². The molecule has 0 atom stereocenters. The number of guanidine groups is 1. The van der Waals surface area contributed by atoms with Crippen molar-refractivity contribution in [2.24, 2.45) is 10.7 Å². The third kappa shape index (κ3) is 7.69. The summed E-state index contributed by atoms with van der Waals surface area (Å²) in [6.07, 6.45) is 0. The Kier molecular flexibility index (Phi) is 10.9. The van der Waals surface area contributed by atoms with E-state index in [1.54, 1.807) is 31.2 Å². The highest BCUT2D eigenvalue weighted by atomic mass is 127. The molecule has 0 bridgehead atoms. The van der Waals surface area contributed by atoms with Crippen LogP contribution in [0.2, 0.25) is 0 Å². The number of nitrogens with two attached hydrogens (primary N) is 1. The number of benzene rings is 1. The maximum atomic E-state index is 12.8. The Morgan fingerprint density at radius 2 is 2.00 bits per heavy atom. The summed E-state index contributed by atoms with van der Waals surface area (Å²) < 4.78 is 41.0. The molecule has 11 heteroatoms. The summed E-state index contributed by atoms with van der Waals surface area (Å²) in [6.45, 7) is 1.87. The third-order valence-electron chi connectivity index (χ3n) is 3.65. The SMILES string of the molecule is CCNC(=NCc1cccc(OCC)c1OC(F)F)NCc1ccc(C(N)=O)o1.I. The minimum atomic E-state index is -2.98. The molecule has 0 spiro atoms. The van der Waals surface area contributed by atoms with Crippen molar-refractivity contribution in [3.63, 3.8) is 0 Å². The van der Waals surface area contributed by atoms with E-state index in [4.69, 9.17) is 14.9 Å². The van der Waals surface area contributed by atoms with Gasteiger partial charge in [0.2, 0.25) is 0 Å². The second-order valence-electron chi connectivity index (χ2n) is 5.73. The van der Waals surface area contributed by atoms with E-state index >= 15 is 0 Å². The minimum Gasteiger partial charge on any atom is -0.490 e. The number of carbonyl (C=O) groups is 1. The van der Waals surface area contributed by atoms with Crippen molar-refractivity contribution in [1.82, 2.24) is 10.6 Å². The van der Waals surface area contributed by atoms with Crippen LogP contribution >= 0.6 is 24.0 Å². The van der Waals surface area contributed by atoms with Gasteiger partial charge in [-0.05, 0) is 32.0 Å². The lowest BCUT2D eigenvalue weighted by Gasteiger charge is -2.15. The minimum absolute atomic E-state index is 0. The van der Waals surface area contributed by atoms with Gasteiger partial charge in [-0.25, -0.2) is 4.99 Å². The number of nitrogens with one attached hydrogen (secondary N) is 2. The van der Waals surface area contributed by atoms with Gasteiger partial charge >= 0.3 is 6.61 Å². The van der Waals surface area contributed by atoms with Crippen LogP contribution in [0.15, 0.2) is 39.7 Å². The van der Waals surface area contributed by atoms with E-state index in [2.05, 4.69) is 20.4 Å². The number of rotatable bonds is 10. The number of ether oxygens (including phenoxy) is 2. The van der Waals surface area contributed by atoms with E-state index in [9.17, 15) is 13.6 Å². The van der Waals surface area contributed by atoms with E-state index < -0.39 is 12.5 Å². The van der Waals surface area contributed by atoms with Crippen LogP contribution < -0.4 is 25.8 Å². The molecule has 0 saturated heterocycles. The van der Waals surface area contributed by atoms with Crippen LogP contribution in [0.4, 0.5) is 8.78 Å². The van der Waals surface area contributed by atoms with Gasteiger partial charge < -0.3 is 30.3 Å². The molecule has 1 heterocycles. The van der Waals surface area contributed by atoms with Gasteiger partial charge in [0, 0.05) is 12.1 Å². The molecule has 0 aliphatic carbocycles. The number of alkyl halides is 2. The monoisotopic (exact) mass is 538 g/mol. The van der Waals surface area contributed by atoms with Crippen LogP contribution in [0.5, 0.6) is 11.5 Å². The van der Waals surface area contributed by atoms with Gasteiger partial charge in [0.05, 0.1) is 19.7 Å². The number of hydrogen-bond acceptors (Lipinski definition) is 5. The average molecular weight is 538 g/mol. The molecule has 0 fully saturated rings. The highest BCUT2D eigenvalue weighted by Gasteiger charge is 2.16. The van der Waals surface area contributed by atoms with E-state index in [1.807, 2.05) is 6.92 Å². The van der Waals surface area contributed by atoms with Crippen molar-refractivity contribution in [1.29, 1.82) is 0 Å². The first-order valence-electron chi connectivity index (χ1n) is 9.04. The molecule has 1 aromatic carbocycles. The fraction of sp³-hybridized carbons (Fsp3) is 0.368. The van der Waals surface area contributed by atoms with Crippen molar-refractivity contribution < 1.29 is 27.5 Å². The molecule has 0 aliphatic heterocycles. The van der Waals surface area contributed by atoms with Gasteiger partial charge in [-0.1, -0.05) is 12.1 Å². The first-order valence-corrected chi connectivity index (χ1v) is 9.04. The van der Waals surface area contributed by atoms with Gasteiger partial charge in [0.15, 0.2) is 23.2 Å². The number of aliphatic imine (C=N–C) groups is 1. The standard InChI is InChI=1S/C19H24F2N4O4.HI/c1-3-23-19(25-11-13-8-9-15(28-13)17(22)26)24-10-12-6-5-7-14(27-4-2)16(12)29-18(20)21;/h5-9,18H,3-4,10-11H2,1-2H3,(H2,22,26)(H2,23,24,25);1H. The Balaban J connectivity index is 0.00000450. The normalized spacial score (nSPS) is 11.0. The molecule has 1 aromatic heterocycles. The fourth-order valence-corrected chi connectivity index (χ4v) is 2.46. The van der Waals surface area contributed by atoms with E-state index in [1.165, 1.54) is 6.07 Å². The lowest BCUT2D eigenvalue weighted by molar-refractivity contribution is -0.0520. The van der Waals surface area contributed by atoms with Crippen LogP contribution in [0, 0.1) is 0 Å². The summed E-state index contributed by atoms with van der Waals surface area (Å²) in [7, 11) is 0. The molecule has 0 radical (unpaired) electrons. The van der Waals surface area contributed by atoms with Crippen molar-refractivity contribution in [3.8, 4) is 11.5 Å². The zero-order valence-electron chi connectivity index (χ0n) is 16.6. The number of primary amides is 1. The molecule has 2 aromatic rings. The molecule has 30 heavy (non-hydrogen) atoms. The van der Waals surface area contributed by atoms with Gasteiger partial charge in [0.1, 0.15) is 5.76 Å². The van der Waals surface area contributed by atoms with Gasteiger partial charge in [-0.15, -0.1) is 24.0 Å². The van der Waals surface area contributed by atoms with Gasteiger partial charge in [-0.3, -0.25) is 4.79 Å². The quantitative estimate of drug-likeness (QED) is 0.244. The summed E-state index contributed by atoms with van der Waals surface area (Å²) >= 11 is 0. The third-order valence-corrected chi connectivity index (χ3v) is 3.65. The second kappa shape index (κ2) is 12.9. The molecule has 166 valence electrons. The first-order chi connectivity index (χ1) is 13.9. The van der Waals surface area contributed by atoms with Crippen molar-refractivity contribution in [2.75, 3.05) is 13.2 Å². The average Bonchev–Trinajstić information content (AvgIpc) is 3.15. The zero-order valence-corrected chi connectivity index (χ0v) is 18.9. The van der Waals surface area contributed by atoms with E-state index in [0.717, 1.165) is 0 Å². The highest BCUT2D eigenvalue weighted by Crippen LogP contribution is 2.33. The summed E-state index contributed by atoms with van der Waals surface area (Å²) in [5.41, 5.74) is 5.61. The molecular weight excluding hydrogens is 513 g/mol. The van der Waals surface area contributed by atoms with Crippen LogP contribution in [-0.2, 0) is 13.1 Å². The molecule has 8 nitrogen and oxygen atoms in total. The van der Waals surface area contributed by atoms with E-state index in [0.29, 0.717) is 30.4 Å². The summed E-state index contributed by atoms with van der Waals surface area (Å²) in [5.74, 6) is 0.510. The number of furan rings is 1. The maximum absolute atomic E-state index is 12.8. The summed E-state index contributed by atoms with van der Waals surface area (Å²) in [4.78, 5) is 15.5. The van der Waals surface area contributed by atoms with Gasteiger partial charge in [0.25, 0.3) is 5.91 Å². The molecule has 4 N–H and O–H groups in total. The van der Waals surface area contributed by atoms with Crippen LogP contribution in [0.3, 0.4) is 0 Å². The van der Waals surface area contributed by atoms with Crippen LogP contribution in [-0.4, -0.2) is 31.6 Å². The second-order valence-corrected chi connectivity index (χ2v) is 5.73. The number of para-hydroxylation sites is 1. The number of nitrogens with zero attached hydrogens (tertiary/aromatic N) is 1. The molecule has 1 amide bonds. The maximum Gasteiger partial charge on any atom is 0.387 e. The molecule has 0 saturated carbocycles. The Morgan fingerprint density at radius 1 is 1.23 bits per heavy atom. The van der Waals surface area contributed by atoms with Crippen molar-refractivity contribution in [3.05, 3.63) is 47.4 Å². The fourth-order valence-electron chi connectivity index (χ4n) is 2.46. The van der Waals surface area contributed by atoms with Crippen LogP contribution in [0.25, 0.3) is 0 Å². The molecule has 0 unspecified atom stereocenters. The number of amides is 1. The smallest absolute Gasteiger partial charge is 0.387 e. The lowest BCUT2D eigenvalue weighted by Crippen LogP contribution is -2.36.